The second kappa shape index (κ2) is 9.95. The van der Waals surface area contributed by atoms with E-state index in [1.165, 1.54) is 0 Å². The highest BCUT2D eigenvalue weighted by molar-refractivity contribution is 6.03. The van der Waals surface area contributed by atoms with Gasteiger partial charge in [0.1, 0.15) is 0 Å². The van der Waals surface area contributed by atoms with E-state index >= 15 is 0 Å². The van der Waals surface area contributed by atoms with Gasteiger partial charge < -0.3 is 9.89 Å². The Morgan fingerprint density at radius 1 is 1.75 bits per heavy atom. The molecule has 0 aliphatic heterocycles. The quantitative estimate of drug-likeness (QED) is 0.186. The second-order valence-electron chi connectivity index (χ2n) is 0.289. The highest BCUT2D eigenvalue weighted by atomic mass is 27.1. The zero-order chi connectivity index (χ0) is 2.71. The summed E-state index contributed by atoms with van der Waals surface area (Å²) in [6, 6.07) is 0. The van der Waals surface area contributed by atoms with E-state index in [2.05, 4.69) is 10.3 Å². The Labute approximate surface area is 33.1 Å². The molecule has 5 N–H and O–H groups in total. The molecule has 3 nitrogen and oxygen atoms in total. The van der Waals surface area contributed by atoms with Gasteiger partial charge in [-0.1, -0.05) is 0 Å². The molecule has 0 rings (SSSR count). The molecule has 0 fully saturated rings. The molecule has 0 bridgehead atoms. The fourth-order valence-electron chi connectivity index (χ4n) is 0. The molecule has 0 aliphatic rings. The number of hydrogen-bond donors (Lipinski definition) is 2. The van der Waals surface area contributed by atoms with Gasteiger partial charge in [-0.05, 0) is 0 Å². The number of nitrogens with one attached hydrogen (secondary N) is 1. The van der Waals surface area contributed by atoms with Crippen LogP contribution in [-0.4, -0.2) is 22.0 Å². The lowest BCUT2D eigenvalue weighted by atomic mass is 13.0. The van der Waals surface area contributed by atoms with Crippen LogP contribution in [0.1, 0.15) is 0 Å². The minimum atomic E-state index is 0. The van der Waals surface area contributed by atoms with Crippen molar-refractivity contribution >= 4 is 16.5 Å². The Kier molecular flexibility index (Phi) is 22.0. The number of rotatable bonds is 0. The maximum absolute atomic E-state index is 4.66. The van der Waals surface area contributed by atoms with E-state index in [4.69, 9.17) is 0 Å². The van der Waals surface area contributed by atoms with Crippen molar-refractivity contribution in [3.8, 4) is 0 Å². The molecule has 0 radical (unpaired) electrons. The van der Waals surface area contributed by atoms with E-state index in [-0.39, 0.29) is 5.48 Å². The van der Waals surface area contributed by atoms with Crippen LogP contribution in [0.5, 0.6) is 0 Å². The van der Waals surface area contributed by atoms with Gasteiger partial charge in [0.05, 0.1) is 0 Å². The van der Waals surface area contributed by atoms with Crippen LogP contribution < -0.4 is 10.3 Å². The Morgan fingerprint density at radius 3 is 1.75 bits per heavy atom. The topological polar surface area (TPSA) is 69.5 Å². The lowest BCUT2D eigenvalue weighted by Gasteiger charge is -1.62. The maximum Gasteiger partial charge on any atom is 0.337 e. The van der Waals surface area contributed by atoms with Crippen molar-refractivity contribution in [2.45, 2.75) is 0 Å². The van der Waals surface area contributed by atoms with Gasteiger partial charge in [0, 0.05) is 0 Å². The molecule has 0 atom stereocenters. The van der Waals surface area contributed by atoms with Crippen molar-refractivity contribution in [2.24, 2.45) is 5.84 Å². The maximum atomic E-state index is 4.66. The first-order valence-electron chi connectivity index (χ1n) is 0.789. The van der Waals surface area contributed by atoms with Crippen molar-refractivity contribution < 1.29 is 5.48 Å². The summed E-state index contributed by atoms with van der Waals surface area (Å²) in [7, 11) is 0. The lowest BCUT2D eigenvalue weighted by Crippen LogP contribution is -2.15. The van der Waals surface area contributed by atoms with Gasteiger partial charge in [-0.2, -0.15) is 0 Å². The van der Waals surface area contributed by atoms with Crippen molar-refractivity contribution in [3.05, 3.63) is 0 Å². The molecule has 0 unspecified atom stereocenters. The zero-order valence-corrected chi connectivity index (χ0v) is 4.58. The number of nitrogens with two attached hydrogens (primary N) is 1. The monoisotopic (exact) mass is 78.0 g/mol. The van der Waals surface area contributed by atoms with E-state index in [1.54, 1.807) is 0 Å². The van der Waals surface area contributed by atoms with Gasteiger partial charge in [-0.15, -0.1) is 0 Å². The summed E-state index contributed by atoms with van der Waals surface area (Å²) < 4.78 is 2.39. The molecule has 0 saturated carbocycles. The summed E-state index contributed by atoms with van der Waals surface area (Å²) >= 11 is 0.897. The molecule has 26 valence electrons. The smallest absolute Gasteiger partial charge is 0.337 e. The third kappa shape index (κ3) is 28.3. The first-order valence-corrected chi connectivity index (χ1v) is 1.79. The van der Waals surface area contributed by atoms with E-state index in [1.807, 2.05) is 0 Å². The number of hydrogen-bond acceptors (Lipinski definition) is 2. The first kappa shape index (κ1) is 8.83. The third-order valence-corrected chi connectivity index (χ3v) is 0. The summed E-state index contributed by atoms with van der Waals surface area (Å²) in [5.41, 5.74) is 0. The van der Waals surface area contributed by atoms with Crippen LogP contribution in [0.3, 0.4) is 0 Å². The molecule has 0 aliphatic carbocycles. The van der Waals surface area contributed by atoms with Gasteiger partial charge in [0.25, 0.3) is 0 Å². The SMILES string of the molecule is N[NH][AlH2].O. The van der Waals surface area contributed by atoms with Crippen LogP contribution >= 0.6 is 0 Å². The fourth-order valence-corrected chi connectivity index (χ4v) is 0. The molecule has 0 aromatic carbocycles. The zero-order valence-electron chi connectivity index (χ0n) is 2.58. The Morgan fingerprint density at radius 2 is 1.75 bits per heavy atom. The average molecular weight is 78.1 g/mol. The Balaban J connectivity index is 0. The summed E-state index contributed by atoms with van der Waals surface area (Å²) in [4.78, 5) is 0. The average Bonchev–Trinajstić information content (AvgIpc) is 0.918. The van der Waals surface area contributed by atoms with Gasteiger partial charge in [0.2, 0.25) is 0 Å². The molecule has 0 saturated heterocycles. The standard InChI is InChI=1S/Al.H3N2.H2O.2H/c;1-2;;;/h;1H,2H2;1H2;;/q+1;-1;;;. The highest BCUT2D eigenvalue weighted by Gasteiger charge is 1.31. The normalized spacial score (nSPS) is 4.25. The molecule has 4 heteroatoms. The fraction of sp³-hybridized carbons (Fsp3) is 0. The Bertz CT molecular complexity index is 6.00. The minimum Gasteiger partial charge on any atom is -0.412 e. The van der Waals surface area contributed by atoms with Crippen LogP contribution in [0.2, 0.25) is 0 Å². The molecule has 0 heterocycles. The molecular formula is H7AlN2O. The van der Waals surface area contributed by atoms with Gasteiger partial charge in [0.15, 0.2) is 0 Å². The highest BCUT2D eigenvalue weighted by Crippen LogP contribution is 0.746. The van der Waals surface area contributed by atoms with Crippen LogP contribution in [-0.2, 0) is 0 Å². The molecular weight excluding hydrogens is 71.0 g/mol. The molecule has 0 spiro atoms. The van der Waals surface area contributed by atoms with Crippen LogP contribution in [0.15, 0.2) is 0 Å². The van der Waals surface area contributed by atoms with Crippen molar-refractivity contribution in [3.63, 3.8) is 0 Å². The first-order chi connectivity index (χ1) is 1.41. The predicted molar refractivity (Wildman–Crippen MR) is 19.5 cm³/mol. The van der Waals surface area contributed by atoms with E-state index < -0.39 is 0 Å². The largest absolute Gasteiger partial charge is 0.412 e. The summed E-state index contributed by atoms with van der Waals surface area (Å²) in [6.07, 6.45) is 0. The third-order valence-electron chi connectivity index (χ3n) is 0. The minimum absolute atomic E-state index is 0. The molecule has 0 amide bonds. The molecule has 0 aromatic rings. The summed E-state index contributed by atoms with van der Waals surface area (Å²) in [5, 5.41) is 0. The number of hydrazine groups is 1. The lowest BCUT2D eigenvalue weighted by molar-refractivity contribution is 0.824. The molecule has 0 aromatic heterocycles. The summed E-state index contributed by atoms with van der Waals surface area (Å²) in [5.74, 6) is 4.66. The van der Waals surface area contributed by atoms with Crippen LogP contribution in [0.25, 0.3) is 0 Å². The van der Waals surface area contributed by atoms with E-state index in [0.29, 0.717) is 0 Å². The van der Waals surface area contributed by atoms with E-state index in [9.17, 15) is 0 Å². The van der Waals surface area contributed by atoms with Gasteiger partial charge >= 0.3 is 16.5 Å². The van der Waals surface area contributed by atoms with Crippen LogP contribution in [0.4, 0.5) is 0 Å². The van der Waals surface area contributed by atoms with Gasteiger partial charge in [-0.25, -0.2) is 0 Å². The van der Waals surface area contributed by atoms with Gasteiger partial charge in [-0.3, -0.25) is 5.84 Å². The van der Waals surface area contributed by atoms with Crippen molar-refractivity contribution in [1.29, 1.82) is 0 Å². The van der Waals surface area contributed by atoms with Crippen LogP contribution in [0, 0.1) is 0 Å². The predicted octanol–water partition coefficient (Wildman–Crippen LogP) is -2.83. The Hall–Kier alpha value is 0.412. The van der Waals surface area contributed by atoms with Crippen molar-refractivity contribution in [1.82, 2.24) is 4.41 Å². The molecule has 4 heavy (non-hydrogen) atoms. The second-order valence-corrected chi connectivity index (χ2v) is 0.866. The summed E-state index contributed by atoms with van der Waals surface area (Å²) in [6.45, 7) is 0. The van der Waals surface area contributed by atoms with Crippen molar-refractivity contribution in [2.75, 3.05) is 0 Å². The van der Waals surface area contributed by atoms with E-state index in [0.717, 1.165) is 16.5 Å².